The summed E-state index contributed by atoms with van der Waals surface area (Å²) < 4.78 is 13.7. The van der Waals surface area contributed by atoms with Crippen molar-refractivity contribution in [3.05, 3.63) is 83.4 Å². The van der Waals surface area contributed by atoms with Crippen LogP contribution < -0.4 is 10.6 Å². The van der Waals surface area contributed by atoms with E-state index in [-0.39, 0.29) is 5.82 Å². The Morgan fingerprint density at radius 3 is 2.22 bits per heavy atom. The molecular weight excluding hydrogens is 339 g/mol. The Morgan fingerprint density at radius 2 is 1.48 bits per heavy atom. The Hall–Kier alpha value is -2.95. The predicted molar refractivity (Wildman–Crippen MR) is 109 cm³/mol. The van der Waals surface area contributed by atoms with Crippen LogP contribution in [0.1, 0.15) is 23.4 Å². The van der Waals surface area contributed by atoms with Crippen LogP contribution >= 0.6 is 0 Å². The van der Waals surface area contributed by atoms with Crippen molar-refractivity contribution in [2.75, 3.05) is 23.7 Å². The Kier molecular flexibility index (Phi) is 6.74. The number of nitrogens with zero attached hydrogens (tertiary/aromatic N) is 2. The van der Waals surface area contributed by atoms with Crippen molar-refractivity contribution in [1.29, 1.82) is 0 Å². The maximum Gasteiger partial charge on any atom is 0.131 e. The first-order chi connectivity index (χ1) is 13.2. The molecule has 0 saturated heterocycles. The predicted octanol–water partition coefficient (Wildman–Crippen LogP) is 4.62. The zero-order valence-electron chi connectivity index (χ0n) is 15.6. The van der Waals surface area contributed by atoms with Crippen molar-refractivity contribution in [3.8, 4) is 0 Å². The van der Waals surface area contributed by atoms with Gasteiger partial charge in [0.2, 0.25) is 0 Å². The standard InChI is InChI=1S/C22H25FN4/c1-17-26-21(24-14-7-10-18-8-3-2-4-9-18)16-22(27-17)25-15-13-19-11-5-6-12-20(19)23/h2-6,8-9,11-12,16H,7,10,13-15H2,1H3,(H2,24,25,26,27). The third-order valence-corrected chi connectivity index (χ3v) is 4.29. The fourth-order valence-corrected chi connectivity index (χ4v) is 2.93. The molecule has 0 fully saturated rings. The molecule has 0 aliphatic heterocycles. The number of aromatic nitrogens is 2. The normalized spacial score (nSPS) is 10.6. The van der Waals surface area contributed by atoms with E-state index in [1.165, 1.54) is 11.6 Å². The summed E-state index contributed by atoms with van der Waals surface area (Å²) in [4.78, 5) is 8.84. The number of hydrogen-bond acceptors (Lipinski definition) is 4. The molecule has 0 unspecified atom stereocenters. The van der Waals surface area contributed by atoms with Gasteiger partial charge in [-0.05, 0) is 43.4 Å². The van der Waals surface area contributed by atoms with Crippen molar-refractivity contribution < 1.29 is 4.39 Å². The van der Waals surface area contributed by atoms with Gasteiger partial charge in [-0.2, -0.15) is 0 Å². The van der Waals surface area contributed by atoms with Gasteiger partial charge >= 0.3 is 0 Å². The molecule has 0 aliphatic carbocycles. The van der Waals surface area contributed by atoms with Crippen molar-refractivity contribution in [2.24, 2.45) is 0 Å². The molecule has 2 aromatic carbocycles. The molecule has 2 N–H and O–H groups in total. The number of benzene rings is 2. The maximum absolute atomic E-state index is 13.7. The van der Waals surface area contributed by atoms with Gasteiger partial charge in [0.1, 0.15) is 23.3 Å². The molecular formula is C22H25FN4. The molecule has 0 aliphatic rings. The second-order valence-electron chi connectivity index (χ2n) is 6.47. The average molecular weight is 364 g/mol. The van der Waals surface area contributed by atoms with Crippen LogP contribution in [0.2, 0.25) is 0 Å². The maximum atomic E-state index is 13.7. The third-order valence-electron chi connectivity index (χ3n) is 4.29. The summed E-state index contributed by atoms with van der Waals surface area (Å²) >= 11 is 0. The van der Waals surface area contributed by atoms with Crippen LogP contribution in [0.25, 0.3) is 0 Å². The van der Waals surface area contributed by atoms with Crippen LogP contribution in [0, 0.1) is 12.7 Å². The van der Waals surface area contributed by atoms with E-state index in [4.69, 9.17) is 0 Å². The summed E-state index contributed by atoms with van der Waals surface area (Å²) in [6, 6.07) is 19.2. The van der Waals surface area contributed by atoms with Gasteiger partial charge in [-0.25, -0.2) is 14.4 Å². The van der Waals surface area contributed by atoms with E-state index in [0.29, 0.717) is 24.4 Å². The van der Waals surface area contributed by atoms with E-state index in [0.717, 1.165) is 31.0 Å². The van der Waals surface area contributed by atoms with E-state index in [1.54, 1.807) is 6.07 Å². The number of halogens is 1. The second kappa shape index (κ2) is 9.67. The summed E-state index contributed by atoms with van der Waals surface area (Å²) in [6.45, 7) is 3.34. The molecule has 0 radical (unpaired) electrons. The molecule has 0 saturated carbocycles. The smallest absolute Gasteiger partial charge is 0.131 e. The van der Waals surface area contributed by atoms with Crippen LogP contribution in [0.3, 0.4) is 0 Å². The molecule has 1 aromatic heterocycles. The molecule has 140 valence electrons. The van der Waals surface area contributed by atoms with Gasteiger partial charge in [0.25, 0.3) is 0 Å². The number of anilines is 2. The van der Waals surface area contributed by atoms with Gasteiger partial charge in [0.15, 0.2) is 0 Å². The second-order valence-corrected chi connectivity index (χ2v) is 6.47. The minimum atomic E-state index is -0.168. The fraction of sp³-hybridized carbons (Fsp3) is 0.273. The quantitative estimate of drug-likeness (QED) is 0.544. The van der Waals surface area contributed by atoms with Gasteiger partial charge in [-0.3, -0.25) is 0 Å². The van der Waals surface area contributed by atoms with Crippen LogP contribution in [-0.4, -0.2) is 23.1 Å². The van der Waals surface area contributed by atoms with E-state index in [2.05, 4.69) is 44.9 Å². The summed E-state index contributed by atoms with van der Waals surface area (Å²) in [6.07, 6.45) is 2.67. The van der Waals surface area contributed by atoms with Crippen LogP contribution in [0.4, 0.5) is 16.0 Å². The lowest BCUT2D eigenvalue weighted by molar-refractivity contribution is 0.610. The zero-order chi connectivity index (χ0) is 18.9. The Labute approximate surface area is 159 Å². The SMILES string of the molecule is Cc1nc(NCCCc2ccccc2)cc(NCCc2ccccc2F)n1. The largest absolute Gasteiger partial charge is 0.370 e. The topological polar surface area (TPSA) is 49.8 Å². The van der Waals surface area contributed by atoms with Crippen molar-refractivity contribution >= 4 is 11.6 Å². The first-order valence-corrected chi connectivity index (χ1v) is 9.31. The van der Waals surface area contributed by atoms with E-state index >= 15 is 0 Å². The molecule has 3 aromatic rings. The average Bonchev–Trinajstić information content (AvgIpc) is 2.67. The number of hydrogen-bond donors (Lipinski definition) is 2. The van der Waals surface area contributed by atoms with Crippen LogP contribution in [0.5, 0.6) is 0 Å². The highest BCUT2D eigenvalue weighted by atomic mass is 19.1. The first-order valence-electron chi connectivity index (χ1n) is 9.31. The lowest BCUT2D eigenvalue weighted by atomic mass is 10.1. The summed E-state index contributed by atoms with van der Waals surface area (Å²) in [7, 11) is 0. The summed E-state index contributed by atoms with van der Waals surface area (Å²) in [5.74, 6) is 2.10. The van der Waals surface area contributed by atoms with E-state index in [9.17, 15) is 4.39 Å². The lowest BCUT2D eigenvalue weighted by Crippen LogP contribution is -2.10. The van der Waals surface area contributed by atoms with Crippen molar-refractivity contribution in [1.82, 2.24) is 9.97 Å². The molecule has 0 atom stereocenters. The molecule has 27 heavy (non-hydrogen) atoms. The number of rotatable bonds is 9. The Morgan fingerprint density at radius 1 is 0.815 bits per heavy atom. The zero-order valence-corrected chi connectivity index (χ0v) is 15.6. The van der Waals surface area contributed by atoms with Gasteiger partial charge in [-0.1, -0.05) is 48.5 Å². The molecule has 3 rings (SSSR count). The van der Waals surface area contributed by atoms with Gasteiger partial charge in [0.05, 0.1) is 0 Å². The lowest BCUT2D eigenvalue weighted by Gasteiger charge is -2.10. The summed E-state index contributed by atoms with van der Waals surface area (Å²) in [5.41, 5.74) is 2.05. The minimum Gasteiger partial charge on any atom is -0.370 e. The van der Waals surface area contributed by atoms with Crippen LogP contribution in [-0.2, 0) is 12.8 Å². The van der Waals surface area contributed by atoms with Gasteiger partial charge in [0, 0.05) is 19.2 Å². The van der Waals surface area contributed by atoms with Crippen LogP contribution in [0.15, 0.2) is 60.7 Å². The monoisotopic (exact) mass is 364 g/mol. The van der Waals surface area contributed by atoms with Crippen molar-refractivity contribution in [2.45, 2.75) is 26.2 Å². The molecule has 0 amide bonds. The molecule has 0 bridgehead atoms. The highest BCUT2D eigenvalue weighted by Crippen LogP contribution is 2.13. The molecule has 0 spiro atoms. The Bertz CT molecular complexity index is 852. The fourth-order valence-electron chi connectivity index (χ4n) is 2.93. The molecule has 5 heteroatoms. The summed E-state index contributed by atoms with van der Waals surface area (Å²) in [5, 5.41) is 6.62. The highest BCUT2D eigenvalue weighted by Gasteiger charge is 2.04. The highest BCUT2D eigenvalue weighted by molar-refractivity contribution is 5.47. The first kappa shape index (κ1) is 18.8. The van der Waals surface area contributed by atoms with E-state index in [1.807, 2.05) is 31.2 Å². The third kappa shape index (κ3) is 6.06. The van der Waals surface area contributed by atoms with Gasteiger partial charge < -0.3 is 10.6 Å². The van der Waals surface area contributed by atoms with E-state index < -0.39 is 0 Å². The number of nitrogens with one attached hydrogen (secondary N) is 2. The molecule has 1 heterocycles. The van der Waals surface area contributed by atoms with Gasteiger partial charge in [-0.15, -0.1) is 0 Å². The Balaban J connectivity index is 1.47. The number of aryl methyl sites for hydroxylation is 2. The van der Waals surface area contributed by atoms with Crippen molar-refractivity contribution in [3.63, 3.8) is 0 Å². The molecule has 4 nitrogen and oxygen atoms in total. The minimum absolute atomic E-state index is 0.168.